The summed E-state index contributed by atoms with van der Waals surface area (Å²) in [6.07, 6.45) is 0. The second-order valence-electron chi connectivity index (χ2n) is 12.4. The highest BCUT2D eigenvalue weighted by molar-refractivity contribution is 6.27. The lowest BCUT2D eigenvalue weighted by atomic mass is 9.94. The molecule has 0 amide bonds. The average Bonchev–Trinajstić information content (AvgIpc) is 3.70. The number of hydrogen-bond acceptors (Lipinski definition) is 3. The zero-order chi connectivity index (χ0) is 31.3. The summed E-state index contributed by atoms with van der Waals surface area (Å²) in [6.45, 7) is 0. The number of rotatable bonds is 2. The first-order valence-corrected chi connectivity index (χ1v) is 16.2. The monoisotopic (exact) mass is 611 g/mol. The van der Waals surface area contributed by atoms with Gasteiger partial charge in [-0.3, -0.25) is 8.97 Å². The molecule has 0 fully saturated rings. The third-order valence-electron chi connectivity index (χ3n) is 9.88. The van der Waals surface area contributed by atoms with Crippen molar-refractivity contribution in [2.75, 3.05) is 0 Å². The van der Waals surface area contributed by atoms with Crippen molar-refractivity contribution in [3.8, 4) is 17.2 Å². The maximum atomic E-state index is 5.52. The number of pyridine rings is 1. The van der Waals surface area contributed by atoms with Gasteiger partial charge in [0.1, 0.15) is 11.2 Å². The fourth-order valence-corrected chi connectivity index (χ4v) is 7.87. The van der Waals surface area contributed by atoms with Crippen LogP contribution < -0.4 is 0 Å². The largest absolute Gasteiger partial charge is 0.277 e. The van der Waals surface area contributed by atoms with Gasteiger partial charge in [0.2, 0.25) is 5.95 Å². The molecule has 5 heteroatoms. The number of nitrogens with zero attached hydrogens (tertiary/aromatic N) is 5. The smallest absolute Gasteiger partial charge is 0.237 e. The van der Waals surface area contributed by atoms with Gasteiger partial charge in [0.25, 0.3) is 0 Å². The van der Waals surface area contributed by atoms with Crippen LogP contribution in [0.1, 0.15) is 0 Å². The van der Waals surface area contributed by atoms with Gasteiger partial charge in [-0.15, -0.1) is 0 Å². The Balaban J connectivity index is 1.39. The van der Waals surface area contributed by atoms with Gasteiger partial charge in [-0.05, 0) is 33.7 Å². The molecule has 0 N–H and O–H groups in total. The Labute approximate surface area is 274 Å². The second kappa shape index (κ2) is 9.47. The summed E-state index contributed by atoms with van der Waals surface area (Å²) in [5.41, 5.74) is 7.82. The van der Waals surface area contributed by atoms with Crippen LogP contribution in [0.2, 0.25) is 0 Å². The summed E-state index contributed by atoms with van der Waals surface area (Å²) < 4.78 is 4.53. The van der Waals surface area contributed by atoms with Gasteiger partial charge in [-0.25, -0.2) is 15.0 Å². The lowest BCUT2D eigenvalue weighted by Gasteiger charge is -2.16. The van der Waals surface area contributed by atoms with Crippen molar-refractivity contribution in [1.82, 2.24) is 23.9 Å². The lowest BCUT2D eigenvalue weighted by Crippen LogP contribution is -2.06. The van der Waals surface area contributed by atoms with Crippen LogP contribution in [0.25, 0.3) is 99.0 Å². The third kappa shape index (κ3) is 3.32. The fourth-order valence-electron chi connectivity index (χ4n) is 7.87. The average molecular weight is 612 g/mol. The first-order chi connectivity index (χ1) is 23.8. The zero-order valence-corrected chi connectivity index (χ0v) is 25.7. The number of imidazole rings is 1. The number of para-hydroxylation sites is 2. The van der Waals surface area contributed by atoms with Crippen LogP contribution in [0.15, 0.2) is 152 Å². The molecule has 0 bridgehead atoms. The molecule has 0 saturated heterocycles. The quantitative estimate of drug-likeness (QED) is 0.183. The Bertz CT molecular complexity index is 3120. The highest BCUT2D eigenvalue weighted by atomic mass is 15.2. The second-order valence-corrected chi connectivity index (χ2v) is 12.4. The molecule has 222 valence electrons. The van der Waals surface area contributed by atoms with E-state index in [2.05, 4.69) is 161 Å². The van der Waals surface area contributed by atoms with Crippen LogP contribution >= 0.6 is 0 Å². The molecule has 0 aliphatic rings. The standard InChI is InChI=1S/C43H25N5/c1-2-14-26(15-3-1)38-37-31-20-7-4-16-27(31)28-17-5-8-21-32(28)39(37)46-43(45-38)48-36-25-13-11-23-34(36)40-42(48)47-35-24-12-10-19-30(35)29-18-6-9-22-33(29)41(47)44-40/h1-25H. The highest BCUT2D eigenvalue weighted by Crippen LogP contribution is 2.41. The Morgan fingerprint density at radius 3 is 1.67 bits per heavy atom. The summed E-state index contributed by atoms with van der Waals surface area (Å²) in [4.78, 5) is 16.4. The molecule has 7 aromatic carbocycles. The van der Waals surface area contributed by atoms with Gasteiger partial charge in [0.05, 0.1) is 22.2 Å². The van der Waals surface area contributed by atoms with E-state index in [0.29, 0.717) is 5.95 Å². The summed E-state index contributed by atoms with van der Waals surface area (Å²) in [5, 5.41) is 10.2. The fraction of sp³-hybridized carbons (Fsp3) is 0. The molecule has 0 radical (unpaired) electrons. The van der Waals surface area contributed by atoms with E-state index >= 15 is 0 Å². The van der Waals surface area contributed by atoms with Gasteiger partial charge >= 0.3 is 0 Å². The molecule has 5 nitrogen and oxygen atoms in total. The van der Waals surface area contributed by atoms with E-state index in [9.17, 15) is 0 Å². The number of benzene rings is 7. The van der Waals surface area contributed by atoms with Crippen LogP contribution in [0.3, 0.4) is 0 Å². The summed E-state index contributed by atoms with van der Waals surface area (Å²) in [5.74, 6) is 0.618. The summed E-state index contributed by atoms with van der Waals surface area (Å²) in [7, 11) is 0. The molecule has 0 spiro atoms. The number of hydrogen-bond donors (Lipinski definition) is 0. The molecule has 4 aromatic heterocycles. The van der Waals surface area contributed by atoms with E-state index < -0.39 is 0 Å². The molecule has 4 heterocycles. The molecule has 0 aliphatic carbocycles. The van der Waals surface area contributed by atoms with Gasteiger partial charge in [0, 0.05) is 32.5 Å². The van der Waals surface area contributed by atoms with Crippen molar-refractivity contribution in [1.29, 1.82) is 0 Å². The predicted molar refractivity (Wildman–Crippen MR) is 198 cm³/mol. The Hall–Kier alpha value is -6.59. The normalized spacial score (nSPS) is 12.2. The highest BCUT2D eigenvalue weighted by Gasteiger charge is 2.24. The maximum absolute atomic E-state index is 5.52. The van der Waals surface area contributed by atoms with Crippen molar-refractivity contribution < 1.29 is 0 Å². The van der Waals surface area contributed by atoms with Crippen LogP contribution in [0.5, 0.6) is 0 Å². The first-order valence-electron chi connectivity index (χ1n) is 16.2. The minimum atomic E-state index is 0.618. The van der Waals surface area contributed by atoms with Crippen molar-refractivity contribution >= 4 is 81.8 Å². The van der Waals surface area contributed by atoms with Gasteiger partial charge in [-0.2, -0.15) is 0 Å². The van der Waals surface area contributed by atoms with Gasteiger partial charge in [0.15, 0.2) is 5.65 Å². The molecule has 0 saturated carbocycles. The molecular formula is C43H25N5. The molecule has 11 aromatic rings. The molecule has 48 heavy (non-hydrogen) atoms. The Kier molecular flexibility index (Phi) is 5.05. The molecule has 0 atom stereocenters. The Morgan fingerprint density at radius 1 is 0.375 bits per heavy atom. The third-order valence-corrected chi connectivity index (χ3v) is 9.88. The minimum absolute atomic E-state index is 0.618. The Morgan fingerprint density at radius 2 is 0.917 bits per heavy atom. The number of fused-ring (bicyclic) bond motifs is 16. The molecular weight excluding hydrogens is 587 g/mol. The van der Waals surface area contributed by atoms with Crippen LogP contribution in [0.4, 0.5) is 0 Å². The van der Waals surface area contributed by atoms with Crippen molar-refractivity contribution in [3.05, 3.63) is 152 Å². The predicted octanol–water partition coefficient (Wildman–Crippen LogP) is 10.7. The maximum Gasteiger partial charge on any atom is 0.237 e. The topological polar surface area (TPSA) is 48.0 Å². The van der Waals surface area contributed by atoms with E-state index in [0.717, 1.165) is 71.5 Å². The SMILES string of the molecule is c1ccc(-c2nc(-n3c4ccccc4c4nc5c6ccccc6c6ccccc6n5c43)nc3c4ccccc4c4ccccc4c23)cc1. The van der Waals surface area contributed by atoms with Crippen molar-refractivity contribution in [2.45, 2.75) is 0 Å². The van der Waals surface area contributed by atoms with E-state index in [4.69, 9.17) is 15.0 Å². The summed E-state index contributed by atoms with van der Waals surface area (Å²) in [6, 6.07) is 53.4. The molecule has 0 unspecified atom stereocenters. The zero-order valence-electron chi connectivity index (χ0n) is 25.7. The molecule has 0 aliphatic heterocycles. The van der Waals surface area contributed by atoms with E-state index in [1.807, 2.05) is 0 Å². The summed E-state index contributed by atoms with van der Waals surface area (Å²) >= 11 is 0. The van der Waals surface area contributed by atoms with Crippen LogP contribution in [-0.4, -0.2) is 23.9 Å². The van der Waals surface area contributed by atoms with E-state index in [1.54, 1.807) is 0 Å². The van der Waals surface area contributed by atoms with Crippen LogP contribution in [-0.2, 0) is 0 Å². The van der Waals surface area contributed by atoms with E-state index in [1.165, 1.54) is 21.5 Å². The molecule has 11 rings (SSSR count). The van der Waals surface area contributed by atoms with Crippen molar-refractivity contribution in [2.24, 2.45) is 0 Å². The van der Waals surface area contributed by atoms with Crippen molar-refractivity contribution in [3.63, 3.8) is 0 Å². The van der Waals surface area contributed by atoms with E-state index in [-0.39, 0.29) is 0 Å². The minimum Gasteiger partial charge on any atom is -0.277 e. The first kappa shape index (κ1) is 25.6. The van der Waals surface area contributed by atoms with Gasteiger partial charge < -0.3 is 0 Å². The van der Waals surface area contributed by atoms with Gasteiger partial charge in [-0.1, -0.05) is 140 Å². The number of aromatic nitrogens is 5. The lowest BCUT2D eigenvalue weighted by molar-refractivity contribution is 0.995. The van der Waals surface area contributed by atoms with Crippen LogP contribution in [0, 0.1) is 0 Å².